The Balaban J connectivity index is 1.80. The average molecular weight is 332 g/mol. The van der Waals surface area contributed by atoms with E-state index in [4.69, 9.17) is 9.47 Å². The lowest BCUT2D eigenvalue weighted by Gasteiger charge is -2.27. The second-order valence-corrected chi connectivity index (χ2v) is 6.47. The van der Waals surface area contributed by atoms with E-state index in [9.17, 15) is 4.79 Å². The standard InChI is InChI=1S/C17H20N2O3S/c1-21-13-7-6-12(14(11-13)22-2)10-15-16(20)18-17(23-15)19-8-4-3-5-9-19/h6-7,10-11H,3-5,8-9H2,1-2H3. The fraction of sp³-hybridized carbons (Fsp3) is 0.412. The van der Waals surface area contributed by atoms with Crippen LogP contribution in [0.3, 0.4) is 0 Å². The highest BCUT2D eigenvalue weighted by Gasteiger charge is 2.27. The van der Waals surface area contributed by atoms with Crippen LogP contribution in [0, 0.1) is 0 Å². The Bertz CT molecular complexity index is 664. The summed E-state index contributed by atoms with van der Waals surface area (Å²) in [6, 6.07) is 5.55. The molecule has 1 aromatic rings. The molecule has 0 aliphatic carbocycles. The zero-order valence-electron chi connectivity index (χ0n) is 13.4. The molecular formula is C17H20N2O3S. The molecule has 0 saturated carbocycles. The number of ether oxygens (including phenoxy) is 2. The lowest BCUT2D eigenvalue weighted by molar-refractivity contribution is -0.113. The summed E-state index contributed by atoms with van der Waals surface area (Å²) in [4.78, 5) is 19.2. The van der Waals surface area contributed by atoms with Gasteiger partial charge in [0.2, 0.25) is 0 Å². The number of aliphatic imine (C=N–C) groups is 1. The molecule has 1 amide bonds. The van der Waals surface area contributed by atoms with Gasteiger partial charge in [-0.15, -0.1) is 0 Å². The summed E-state index contributed by atoms with van der Waals surface area (Å²) in [5.41, 5.74) is 0.847. The van der Waals surface area contributed by atoms with E-state index < -0.39 is 0 Å². The first-order valence-corrected chi connectivity index (χ1v) is 8.52. The maximum absolute atomic E-state index is 12.2. The van der Waals surface area contributed by atoms with Crippen molar-refractivity contribution in [2.45, 2.75) is 19.3 Å². The molecule has 3 rings (SSSR count). The SMILES string of the molecule is COc1ccc(C=C2SC(N3CCCCC3)=NC2=O)c(OC)c1. The van der Waals surface area contributed by atoms with E-state index in [0.29, 0.717) is 10.7 Å². The van der Waals surface area contributed by atoms with Crippen LogP contribution >= 0.6 is 11.8 Å². The molecule has 1 fully saturated rings. The minimum atomic E-state index is -0.173. The van der Waals surface area contributed by atoms with Crippen molar-refractivity contribution in [1.29, 1.82) is 0 Å². The van der Waals surface area contributed by atoms with Gasteiger partial charge in [0.1, 0.15) is 11.5 Å². The summed E-state index contributed by atoms with van der Waals surface area (Å²) < 4.78 is 10.6. The van der Waals surface area contributed by atoms with Gasteiger partial charge < -0.3 is 14.4 Å². The van der Waals surface area contributed by atoms with Crippen molar-refractivity contribution in [2.75, 3.05) is 27.3 Å². The van der Waals surface area contributed by atoms with E-state index in [1.54, 1.807) is 14.2 Å². The summed E-state index contributed by atoms with van der Waals surface area (Å²) in [7, 11) is 3.22. The Morgan fingerprint density at radius 1 is 1.17 bits per heavy atom. The summed E-state index contributed by atoms with van der Waals surface area (Å²) in [5.74, 6) is 1.23. The number of thioether (sulfide) groups is 1. The van der Waals surface area contributed by atoms with Gasteiger partial charge in [0.25, 0.3) is 5.91 Å². The van der Waals surface area contributed by atoms with Crippen LogP contribution in [0.25, 0.3) is 6.08 Å². The molecule has 0 bridgehead atoms. The van der Waals surface area contributed by atoms with Gasteiger partial charge >= 0.3 is 0 Å². The molecule has 0 N–H and O–H groups in total. The van der Waals surface area contributed by atoms with Crippen molar-refractivity contribution in [1.82, 2.24) is 4.90 Å². The number of hydrogen-bond donors (Lipinski definition) is 0. The largest absolute Gasteiger partial charge is 0.497 e. The van der Waals surface area contributed by atoms with Crippen molar-refractivity contribution in [2.24, 2.45) is 4.99 Å². The van der Waals surface area contributed by atoms with E-state index in [1.807, 2.05) is 24.3 Å². The normalized spacial score (nSPS) is 19.9. The minimum absolute atomic E-state index is 0.173. The maximum atomic E-state index is 12.2. The third-order valence-corrected chi connectivity index (χ3v) is 5.01. The molecule has 0 aromatic heterocycles. The predicted octanol–water partition coefficient (Wildman–Crippen LogP) is 3.16. The first-order valence-electron chi connectivity index (χ1n) is 7.71. The van der Waals surface area contributed by atoms with Crippen LogP contribution < -0.4 is 9.47 Å². The average Bonchev–Trinajstić information content (AvgIpc) is 2.97. The summed E-state index contributed by atoms with van der Waals surface area (Å²) in [6.07, 6.45) is 5.43. The molecule has 2 heterocycles. The number of likely N-dealkylation sites (tertiary alicyclic amines) is 1. The molecule has 6 heteroatoms. The molecule has 2 aliphatic heterocycles. The highest BCUT2D eigenvalue weighted by molar-refractivity contribution is 8.18. The minimum Gasteiger partial charge on any atom is -0.497 e. The maximum Gasteiger partial charge on any atom is 0.286 e. The Morgan fingerprint density at radius 2 is 1.96 bits per heavy atom. The van der Waals surface area contributed by atoms with E-state index in [2.05, 4.69) is 9.89 Å². The van der Waals surface area contributed by atoms with Crippen molar-refractivity contribution in [3.8, 4) is 11.5 Å². The van der Waals surface area contributed by atoms with Crippen molar-refractivity contribution >= 4 is 28.9 Å². The quantitative estimate of drug-likeness (QED) is 0.796. The van der Waals surface area contributed by atoms with E-state index >= 15 is 0 Å². The Labute approximate surface area is 140 Å². The fourth-order valence-corrected chi connectivity index (χ4v) is 3.65. The van der Waals surface area contributed by atoms with Crippen LogP contribution in [-0.2, 0) is 4.79 Å². The van der Waals surface area contributed by atoms with Gasteiger partial charge in [-0.1, -0.05) is 0 Å². The van der Waals surface area contributed by atoms with E-state index in [0.717, 1.165) is 29.6 Å². The van der Waals surface area contributed by atoms with Crippen LogP contribution in [-0.4, -0.2) is 43.3 Å². The molecule has 0 radical (unpaired) electrons. The second-order valence-electron chi connectivity index (χ2n) is 5.47. The number of carbonyl (C=O) groups is 1. The number of amides is 1. The summed E-state index contributed by atoms with van der Waals surface area (Å²) >= 11 is 1.45. The van der Waals surface area contributed by atoms with Crippen molar-refractivity contribution < 1.29 is 14.3 Å². The number of rotatable bonds is 3. The van der Waals surface area contributed by atoms with E-state index in [1.165, 1.54) is 31.0 Å². The topological polar surface area (TPSA) is 51.1 Å². The van der Waals surface area contributed by atoms with Crippen LogP contribution in [0.15, 0.2) is 28.1 Å². The molecule has 23 heavy (non-hydrogen) atoms. The lowest BCUT2D eigenvalue weighted by Crippen LogP contribution is -2.33. The number of nitrogens with zero attached hydrogens (tertiary/aromatic N) is 2. The van der Waals surface area contributed by atoms with E-state index in [-0.39, 0.29) is 5.91 Å². The molecular weight excluding hydrogens is 312 g/mol. The van der Waals surface area contributed by atoms with Crippen LogP contribution in [0.4, 0.5) is 0 Å². The van der Waals surface area contributed by atoms with Gasteiger partial charge in [0.05, 0.1) is 19.1 Å². The Hall–Kier alpha value is -1.95. The number of piperidine rings is 1. The van der Waals surface area contributed by atoms with Crippen LogP contribution in [0.1, 0.15) is 24.8 Å². The van der Waals surface area contributed by atoms with Crippen LogP contribution in [0.5, 0.6) is 11.5 Å². The number of benzene rings is 1. The van der Waals surface area contributed by atoms with Gasteiger partial charge in [0.15, 0.2) is 5.17 Å². The zero-order valence-corrected chi connectivity index (χ0v) is 14.2. The molecule has 5 nitrogen and oxygen atoms in total. The number of hydrogen-bond acceptors (Lipinski definition) is 5. The van der Waals surface area contributed by atoms with Gasteiger partial charge in [-0.05, 0) is 49.2 Å². The van der Waals surface area contributed by atoms with Gasteiger partial charge in [-0.2, -0.15) is 4.99 Å². The lowest BCUT2D eigenvalue weighted by atomic mass is 10.1. The second kappa shape index (κ2) is 7.08. The highest BCUT2D eigenvalue weighted by Crippen LogP contribution is 2.34. The molecule has 0 unspecified atom stereocenters. The monoisotopic (exact) mass is 332 g/mol. The van der Waals surface area contributed by atoms with Crippen molar-refractivity contribution in [3.05, 3.63) is 28.7 Å². The molecule has 0 atom stereocenters. The van der Waals surface area contributed by atoms with Gasteiger partial charge in [-0.3, -0.25) is 4.79 Å². The number of amidine groups is 1. The predicted molar refractivity (Wildman–Crippen MR) is 93.0 cm³/mol. The first kappa shape index (κ1) is 15.9. The first-order chi connectivity index (χ1) is 11.2. The molecule has 1 aromatic carbocycles. The van der Waals surface area contributed by atoms with Crippen LogP contribution in [0.2, 0.25) is 0 Å². The third-order valence-electron chi connectivity index (χ3n) is 3.96. The summed E-state index contributed by atoms with van der Waals surface area (Å²) in [5, 5.41) is 0.827. The van der Waals surface area contributed by atoms with Gasteiger partial charge in [0, 0.05) is 24.7 Å². The van der Waals surface area contributed by atoms with Crippen molar-refractivity contribution in [3.63, 3.8) is 0 Å². The number of methoxy groups -OCH3 is 2. The zero-order chi connectivity index (χ0) is 16.2. The fourth-order valence-electron chi connectivity index (χ4n) is 2.70. The Kier molecular flexibility index (Phi) is 4.91. The molecule has 1 saturated heterocycles. The molecule has 0 spiro atoms. The molecule has 2 aliphatic rings. The third kappa shape index (κ3) is 3.52. The summed E-state index contributed by atoms with van der Waals surface area (Å²) in [6.45, 7) is 1.97. The Morgan fingerprint density at radius 3 is 2.65 bits per heavy atom. The molecule has 122 valence electrons. The number of carbonyl (C=O) groups excluding carboxylic acids is 1. The highest BCUT2D eigenvalue weighted by atomic mass is 32.2. The smallest absolute Gasteiger partial charge is 0.286 e. The van der Waals surface area contributed by atoms with Gasteiger partial charge in [-0.25, -0.2) is 0 Å².